The summed E-state index contributed by atoms with van der Waals surface area (Å²) in [6.45, 7) is 9.38. The van der Waals surface area contributed by atoms with E-state index in [0.29, 0.717) is 30.8 Å². The molecule has 0 aromatic rings. The molecule has 0 saturated heterocycles. The lowest BCUT2D eigenvalue weighted by Crippen LogP contribution is -2.32. The summed E-state index contributed by atoms with van der Waals surface area (Å²) in [7, 11) is 0. The lowest BCUT2D eigenvalue weighted by Gasteiger charge is -2.16. The highest BCUT2D eigenvalue weighted by Gasteiger charge is 2.09. The molecular formula is C14H30N2O. The van der Waals surface area contributed by atoms with E-state index in [2.05, 4.69) is 33.0 Å². The van der Waals surface area contributed by atoms with Crippen molar-refractivity contribution in [2.45, 2.75) is 65.8 Å². The fourth-order valence-electron chi connectivity index (χ4n) is 1.81. The van der Waals surface area contributed by atoms with Crippen LogP contribution in [-0.2, 0) is 4.79 Å². The number of carbonyl (C=O) groups excluding carboxylic acids is 1. The lowest BCUT2D eigenvalue weighted by atomic mass is 10.0. The zero-order chi connectivity index (χ0) is 13.3. The molecule has 0 radical (unpaired) electrons. The molecule has 1 amide bonds. The van der Waals surface area contributed by atoms with Crippen molar-refractivity contribution < 1.29 is 4.79 Å². The summed E-state index contributed by atoms with van der Waals surface area (Å²) in [6, 6.07) is 0.301. The highest BCUT2D eigenvalue weighted by molar-refractivity contribution is 5.76. The van der Waals surface area contributed by atoms with E-state index < -0.39 is 0 Å². The summed E-state index contributed by atoms with van der Waals surface area (Å²) in [4.78, 5) is 11.7. The van der Waals surface area contributed by atoms with Gasteiger partial charge in [-0.25, -0.2) is 0 Å². The van der Waals surface area contributed by atoms with Crippen LogP contribution in [0.2, 0.25) is 0 Å². The average molecular weight is 242 g/mol. The SMILES string of the molecule is CC(C)CCC(C)NC(=O)CCC(C)CCN. The number of nitrogens with one attached hydrogen (secondary N) is 1. The first kappa shape index (κ1) is 16.4. The van der Waals surface area contributed by atoms with Gasteiger partial charge in [-0.05, 0) is 51.0 Å². The van der Waals surface area contributed by atoms with Gasteiger partial charge in [0.15, 0.2) is 0 Å². The molecule has 17 heavy (non-hydrogen) atoms. The Morgan fingerprint density at radius 2 is 1.71 bits per heavy atom. The molecule has 2 atom stereocenters. The van der Waals surface area contributed by atoms with Crippen LogP contribution in [0.5, 0.6) is 0 Å². The highest BCUT2D eigenvalue weighted by Crippen LogP contribution is 2.10. The van der Waals surface area contributed by atoms with Crippen molar-refractivity contribution in [3.05, 3.63) is 0 Å². The average Bonchev–Trinajstić information content (AvgIpc) is 2.24. The summed E-state index contributed by atoms with van der Waals surface area (Å²) >= 11 is 0. The minimum absolute atomic E-state index is 0.185. The van der Waals surface area contributed by atoms with Crippen LogP contribution >= 0.6 is 0 Å². The van der Waals surface area contributed by atoms with Crippen LogP contribution in [0, 0.1) is 11.8 Å². The highest BCUT2D eigenvalue weighted by atomic mass is 16.1. The van der Waals surface area contributed by atoms with E-state index in [4.69, 9.17) is 5.73 Å². The fourth-order valence-corrected chi connectivity index (χ4v) is 1.81. The van der Waals surface area contributed by atoms with Gasteiger partial charge >= 0.3 is 0 Å². The number of hydrogen-bond donors (Lipinski definition) is 2. The summed E-state index contributed by atoms with van der Waals surface area (Å²) in [6.07, 6.45) is 4.83. The molecule has 0 heterocycles. The number of hydrogen-bond acceptors (Lipinski definition) is 2. The zero-order valence-electron chi connectivity index (χ0n) is 12.0. The Hall–Kier alpha value is -0.570. The van der Waals surface area contributed by atoms with Gasteiger partial charge in [-0.15, -0.1) is 0 Å². The van der Waals surface area contributed by atoms with Crippen LogP contribution in [-0.4, -0.2) is 18.5 Å². The van der Waals surface area contributed by atoms with Crippen LogP contribution in [0.3, 0.4) is 0 Å². The minimum atomic E-state index is 0.185. The van der Waals surface area contributed by atoms with Gasteiger partial charge in [0, 0.05) is 12.5 Å². The van der Waals surface area contributed by atoms with E-state index in [1.165, 1.54) is 6.42 Å². The quantitative estimate of drug-likeness (QED) is 0.653. The Kier molecular flexibility index (Phi) is 9.14. The number of nitrogens with two attached hydrogens (primary N) is 1. The van der Waals surface area contributed by atoms with Crippen molar-refractivity contribution in [1.82, 2.24) is 5.32 Å². The van der Waals surface area contributed by atoms with Gasteiger partial charge in [0.25, 0.3) is 0 Å². The maximum atomic E-state index is 11.7. The van der Waals surface area contributed by atoms with Crippen LogP contribution in [0.25, 0.3) is 0 Å². The molecule has 0 aliphatic heterocycles. The smallest absolute Gasteiger partial charge is 0.220 e. The van der Waals surface area contributed by atoms with Gasteiger partial charge < -0.3 is 11.1 Å². The van der Waals surface area contributed by atoms with Crippen molar-refractivity contribution in [3.63, 3.8) is 0 Å². The van der Waals surface area contributed by atoms with Crippen LogP contribution in [0.15, 0.2) is 0 Å². The number of rotatable bonds is 9. The van der Waals surface area contributed by atoms with Gasteiger partial charge in [-0.1, -0.05) is 20.8 Å². The van der Waals surface area contributed by atoms with Gasteiger partial charge in [0.1, 0.15) is 0 Å². The summed E-state index contributed by atoms with van der Waals surface area (Å²) in [5.74, 6) is 1.45. The molecule has 0 fully saturated rings. The van der Waals surface area contributed by atoms with Crippen molar-refractivity contribution in [1.29, 1.82) is 0 Å². The summed E-state index contributed by atoms with van der Waals surface area (Å²) < 4.78 is 0. The van der Waals surface area contributed by atoms with E-state index in [1.807, 2.05) is 0 Å². The van der Waals surface area contributed by atoms with E-state index >= 15 is 0 Å². The van der Waals surface area contributed by atoms with Crippen molar-refractivity contribution >= 4 is 5.91 Å². The van der Waals surface area contributed by atoms with Crippen molar-refractivity contribution in [2.75, 3.05) is 6.54 Å². The van der Waals surface area contributed by atoms with E-state index in [1.54, 1.807) is 0 Å². The van der Waals surface area contributed by atoms with E-state index in [9.17, 15) is 4.79 Å². The van der Waals surface area contributed by atoms with E-state index in [0.717, 1.165) is 19.3 Å². The standard InChI is InChI=1S/C14H30N2O/c1-11(2)5-7-13(4)16-14(17)8-6-12(3)9-10-15/h11-13H,5-10,15H2,1-4H3,(H,16,17). The Labute approximate surface area is 107 Å². The normalized spacial score (nSPS) is 14.7. The molecule has 2 unspecified atom stereocenters. The van der Waals surface area contributed by atoms with Gasteiger partial charge in [-0.2, -0.15) is 0 Å². The molecule has 3 N–H and O–H groups in total. The minimum Gasteiger partial charge on any atom is -0.354 e. The third-order valence-electron chi connectivity index (χ3n) is 3.11. The molecule has 0 bridgehead atoms. The van der Waals surface area contributed by atoms with Gasteiger partial charge in [0.2, 0.25) is 5.91 Å². The van der Waals surface area contributed by atoms with Gasteiger partial charge in [0.05, 0.1) is 0 Å². The van der Waals surface area contributed by atoms with Crippen molar-refractivity contribution in [3.8, 4) is 0 Å². The molecule has 0 spiro atoms. The first-order chi connectivity index (χ1) is 7.95. The third-order valence-corrected chi connectivity index (χ3v) is 3.11. The maximum absolute atomic E-state index is 11.7. The molecule has 3 nitrogen and oxygen atoms in total. The monoisotopic (exact) mass is 242 g/mol. The Balaban J connectivity index is 3.63. The molecule has 3 heteroatoms. The van der Waals surface area contributed by atoms with Gasteiger partial charge in [-0.3, -0.25) is 4.79 Å². The van der Waals surface area contributed by atoms with E-state index in [-0.39, 0.29) is 5.91 Å². The second kappa shape index (κ2) is 9.46. The Bertz CT molecular complexity index is 204. The molecule has 0 rings (SSSR count). The molecular weight excluding hydrogens is 212 g/mol. The predicted molar refractivity (Wildman–Crippen MR) is 73.7 cm³/mol. The molecule has 0 aliphatic rings. The second-order valence-electron chi connectivity index (χ2n) is 5.66. The predicted octanol–water partition coefficient (Wildman–Crippen LogP) is 2.69. The molecule has 0 aromatic carbocycles. The molecule has 0 saturated carbocycles. The third kappa shape index (κ3) is 10.3. The lowest BCUT2D eigenvalue weighted by molar-refractivity contribution is -0.122. The molecule has 0 aromatic heterocycles. The molecule has 102 valence electrons. The first-order valence-corrected chi connectivity index (χ1v) is 6.95. The largest absolute Gasteiger partial charge is 0.354 e. The van der Waals surface area contributed by atoms with Crippen LogP contribution in [0.4, 0.5) is 0 Å². The van der Waals surface area contributed by atoms with Crippen molar-refractivity contribution in [2.24, 2.45) is 17.6 Å². The Morgan fingerprint density at radius 3 is 2.24 bits per heavy atom. The molecule has 0 aliphatic carbocycles. The second-order valence-corrected chi connectivity index (χ2v) is 5.66. The first-order valence-electron chi connectivity index (χ1n) is 6.95. The maximum Gasteiger partial charge on any atom is 0.220 e. The topological polar surface area (TPSA) is 55.1 Å². The fraction of sp³-hybridized carbons (Fsp3) is 0.929. The zero-order valence-corrected chi connectivity index (χ0v) is 12.0. The Morgan fingerprint density at radius 1 is 1.06 bits per heavy atom. The summed E-state index contributed by atoms with van der Waals surface area (Å²) in [5.41, 5.74) is 5.48. The van der Waals surface area contributed by atoms with Crippen LogP contribution < -0.4 is 11.1 Å². The summed E-state index contributed by atoms with van der Waals surface area (Å²) in [5, 5.41) is 3.06. The number of carbonyl (C=O) groups is 1. The van der Waals surface area contributed by atoms with Crippen LogP contribution in [0.1, 0.15) is 59.8 Å². The number of amides is 1.